The molecule has 0 fully saturated rings. The van der Waals surface area contributed by atoms with Crippen LogP contribution in [0.4, 0.5) is 0 Å². The Morgan fingerprint density at radius 2 is 2.15 bits per heavy atom. The van der Waals surface area contributed by atoms with E-state index < -0.39 is 5.60 Å². The lowest BCUT2D eigenvalue weighted by atomic mass is 10.0. The molecule has 5 heteroatoms. The maximum atomic E-state index is 11.7. The highest BCUT2D eigenvalue weighted by Crippen LogP contribution is 2.32. The summed E-state index contributed by atoms with van der Waals surface area (Å²) in [6.45, 7) is 4.14. The number of hydrogen-bond acceptors (Lipinski definition) is 4. The summed E-state index contributed by atoms with van der Waals surface area (Å²) in [5, 5.41) is 12.6. The van der Waals surface area contributed by atoms with Crippen molar-refractivity contribution in [1.82, 2.24) is 5.32 Å². The molecule has 1 aromatic carbocycles. The van der Waals surface area contributed by atoms with Crippen LogP contribution in [0.25, 0.3) is 0 Å². The van der Waals surface area contributed by atoms with Crippen LogP contribution in [0.5, 0.6) is 11.5 Å². The fraction of sp³-hybridized carbons (Fsp3) is 0.533. The Hall–Kier alpha value is -1.75. The summed E-state index contributed by atoms with van der Waals surface area (Å²) in [6.07, 6.45) is 1.63. The predicted molar refractivity (Wildman–Crippen MR) is 74.8 cm³/mol. The smallest absolute Gasteiger partial charge is 0.231 e. The lowest BCUT2D eigenvalue weighted by Gasteiger charge is -2.21. The van der Waals surface area contributed by atoms with E-state index >= 15 is 0 Å². The quantitative estimate of drug-likeness (QED) is 0.830. The van der Waals surface area contributed by atoms with E-state index in [1.165, 1.54) is 0 Å². The zero-order valence-electron chi connectivity index (χ0n) is 11.9. The third-order valence-corrected chi connectivity index (χ3v) is 3.51. The van der Waals surface area contributed by atoms with Gasteiger partial charge in [-0.15, -0.1) is 0 Å². The van der Waals surface area contributed by atoms with Crippen LogP contribution >= 0.6 is 0 Å². The SMILES string of the molecule is CCC(C)(O)CNC(=O)CCc1ccc2c(c1)OCO2. The van der Waals surface area contributed by atoms with Gasteiger partial charge in [0.15, 0.2) is 11.5 Å². The monoisotopic (exact) mass is 279 g/mol. The molecule has 2 rings (SSSR count). The van der Waals surface area contributed by atoms with Gasteiger partial charge in [0.05, 0.1) is 5.60 Å². The molecule has 0 saturated heterocycles. The number of benzene rings is 1. The van der Waals surface area contributed by atoms with E-state index in [4.69, 9.17) is 9.47 Å². The van der Waals surface area contributed by atoms with E-state index in [0.717, 1.165) is 17.1 Å². The minimum Gasteiger partial charge on any atom is -0.454 e. The Morgan fingerprint density at radius 1 is 1.40 bits per heavy atom. The van der Waals surface area contributed by atoms with Crippen LogP contribution in [0.3, 0.4) is 0 Å². The molecule has 1 amide bonds. The van der Waals surface area contributed by atoms with Gasteiger partial charge in [-0.3, -0.25) is 4.79 Å². The van der Waals surface area contributed by atoms with Crippen LogP contribution in [0.1, 0.15) is 32.3 Å². The predicted octanol–water partition coefficient (Wildman–Crippen LogP) is 1.63. The van der Waals surface area contributed by atoms with Crippen molar-refractivity contribution in [1.29, 1.82) is 0 Å². The van der Waals surface area contributed by atoms with Crippen molar-refractivity contribution >= 4 is 5.91 Å². The second kappa shape index (κ2) is 6.13. The maximum absolute atomic E-state index is 11.7. The summed E-state index contributed by atoms with van der Waals surface area (Å²) < 4.78 is 10.5. The van der Waals surface area contributed by atoms with Gasteiger partial charge in [-0.1, -0.05) is 13.0 Å². The zero-order chi connectivity index (χ0) is 14.6. The van der Waals surface area contributed by atoms with E-state index in [-0.39, 0.29) is 19.2 Å². The lowest BCUT2D eigenvalue weighted by molar-refractivity contribution is -0.122. The number of fused-ring (bicyclic) bond motifs is 1. The van der Waals surface area contributed by atoms with Crippen molar-refractivity contribution < 1.29 is 19.4 Å². The third-order valence-electron chi connectivity index (χ3n) is 3.51. The van der Waals surface area contributed by atoms with Gasteiger partial charge < -0.3 is 19.9 Å². The van der Waals surface area contributed by atoms with Crippen LogP contribution in [0.15, 0.2) is 18.2 Å². The number of ether oxygens (including phenoxy) is 2. The summed E-state index contributed by atoms with van der Waals surface area (Å²) >= 11 is 0. The van der Waals surface area contributed by atoms with Crippen molar-refractivity contribution in [2.45, 2.75) is 38.7 Å². The maximum Gasteiger partial charge on any atom is 0.231 e. The summed E-state index contributed by atoms with van der Waals surface area (Å²) in [6, 6.07) is 5.69. The van der Waals surface area contributed by atoms with Crippen molar-refractivity contribution in [2.75, 3.05) is 13.3 Å². The minimum absolute atomic E-state index is 0.0589. The van der Waals surface area contributed by atoms with Gasteiger partial charge in [-0.2, -0.15) is 0 Å². The summed E-state index contributed by atoms with van der Waals surface area (Å²) in [5.41, 5.74) is 0.195. The van der Waals surface area contributed by atoms with Crippen LogP contribution in [-0.4, -0.2) is 30.0 Å². The third kappa shape index (κ3) is 3.87. The molecule has 1 aliphatic heterocycles. The number of hydrogen-bond donors (Lipinski definition) is 2. The standard InChI is InChI=1S/C15H21NO4/c1-3-15(2,18)9-16-14(17)7-5-11-4-6-12-13(8-11)20-10-19-12/h4,6,8,18H,3,5,7,9-10H2,1-2H3,(H,16,17). The molecule has 1 unspecified atom stereocenters. The Bertz CT molecular complexity index is 485. The van der Waals surface area contributed by atoms with E-state index in [9.17, 15) is 9.90 Å². The number of rotatable bonds is 6. The van der Waals surface area contributed by atoms with Crippen LogP contribution in [0, 0.1) is 0 Å². The fourth-order valence-corrected chi connectivity index (χ4v) is 1.86. The highest BCUT2D eigenvalue weighted by molar-refractivity contribution is 5.76. The van der Waals surface area contributed by atoms with Crippen molar-refractivity contribution in [3.63, 3.8) is 0 Å². The first-order chi connectivity index (χ1) is 9.50. The number of nitrogens with one attached hydrogen (secondary N) is 1. The Kier molecular flexibility index (Phi) is 4.49. The zero-order valence-corrected chi connectivity index (χ0v) is 11.9. The summed E-state index contributed by atoms with van der Waals surface area (Å²) in [4.78, 5) is 11.7. The molecule has 0 aromatic heterocycles. The molecule has 1 aromatic rings. The van der Waals surface area contributed by atoms with Gasteiger partial charge in [-0.05, 0) is 37.5 Å². The first-order valence-corrected chi connectivity index (χ1v) is 6.88. The molecule has 1 heterocycles. The molecule has 5 nitrogen and oxygen atoms in total. The second-order valence-corrected chi connectivity index (χ2v) is 5.31. The molecule has 2 N–H and O–H groups in total. The first kappa shape index (κ1) is 14.7. The van der Waals surface area contributed by atoms with Gasteiger partial charge >= 0.3 is 0 Å². The first-order valence-electron chi connectivity index (χ1n) is 6.88. The Balaban J connectivity index is 1.79. The van der Waals surface area contributed by atoms with Crippen LogP contribution < -0.4 is 14.8 Å². The topological polar surface area (TPSA) is 67.8 Å². The minimum atomic E-state index is -0.839. The van der Waals surface area contributed by atoms with E-state index in [1.54, 1.807) is 6.92 Å². The van der Waals surface area contributed by atoms with Gasteiger partial charge in [0.1, 0.15) is 0 Å². The fourth-order valence-electron chi connectivity index (χ4n) is 1.86. The Labute approximate surface area is 118 Å². The van der Waals surface area contributed by atoms with Crippen molar-refractivity contribution in [2.24, 2.45) is 0 Å². The largest absolute Gasteiger partial charge is 0.454 e. The van der Waals surface area contributed by atoms with Gasteiger partial charge in [0.25, 0.3) is 0 Å². The lowest BCUT2D eigenvalue weighted by Crippen LogP contribution is -2.40. The summed E-state index contributed by atoms with van der Waals surface area (Å²) in [7, 11) is 0. The van der Waals surface area contributed by atoms with E-state index in [2.05, 4.69) is 5.32 Å². The van der Waals surface area contributed by atoms with E-state index in [1.807, 2.05) is 25.1 Å². The second-order valence-electron chi connectivity index (χ2n) is 5.31. The average molecular weight is 279 g/mol. The molecule has 20 heavy (non-hydrogen) atoms. The number of aliphatic hydroxyl groups is 1. The number of aryl methyl sites for hydroxylation is 1. The molecular formula is C15H21NO4. The molecule has 0 saturated carbocycles. The van der Waals surface area contributed by atoms with Crippen LogP contribution in [-0.2, 0) is 11.2 Å². The van der Waals surface area contributed by atoms with Gasteiger partial charge in [-0.25, -0.2) is 0 Å². The average Bonchev–Trinajstić information content (AvgIpc) is 2.90. The van der Waals surface area contributed by atoms with Crippen molar-refractivity contribution in [3.05, 3.63) is 23.8 Å². The van der Waals surface area contributed by atoms with Gasteiger partial charge in [0, 0.05) is 13.0 Å². The highest BCUT2D eigenvalue weighted by atomic mass is 16.7. The molecule has 0 spiro atoms. The highest BCUT2D eigenvalue weighted by Gasteiger charge is 2.18. The molecule has 1 atom stereocenters. The van der Waals surface area contributed by atoms with Gasteiger partial charge in [0.2, 0.25) is 12.7 Å². The molecule has 0 aliphatic carbocycles. The number of carbonyl (C=O) groups excluding carboxylic acids is 1. The summed E-state index contributed by atoms with van der Waals surface area (Å²) in [5.74, 6) is 1.42. The number of carbonyl (C=O) groups is 1. The number of amides is 1. The molecule has 110 valence electrons. The molecule has 0 radical (unpaired) electrons. The Morgan fingerprint density at radius 3 is 2.90 bits per heavy atom. The molecular weight excluding hydrogens is 258 g/mol. The van der Waals surface area contributed by atoms with E-state index in [0.29, 0.717) is 19.3 Å². The van der Waals surface area contributed by atoms with Crippen LogP contribution in [0.2, 0.25) is 0 Å². The molecule has 1 aliphatic rings. The molecule has 0 bridgehead atoms. The normalized spacial score (nSPS) is 15.8. The van der Waals surface area contributed by atoms with Crippen molar-refractivity contribution in [3.8, 4) is 11.5 Å².